The fraction of sp³-hybridized carbons (Fsp3) is 0.692. The summed E-state index contributed by atoms with van der Waals surface area (Å²) in [6.07, 6.45) is 2.04. The van der Waals surface area contributed by atoms with Gasteiger partial charge in [0.1, 0.15) is 11.6 Å². The fourth-order valence-corrected chi connectivity index (χ4v) is 2.43. The molecule has 19 heavy (non-hydrogen) atoms. The number of hydrogen-bond acceptors (Lipinski definition) is 5. The summed E-state index contributed by atoms with van der Waals surface area (Å²) in [5.74, 6) is 0.587. The van der Waals surface area contributed by atoms with Crippen LogP contribution in [0.3, 0.4) is 0 Å². The van der Waals surface area contributed by atoms with Crippen molar-refractivity contribution in [3.8, 4) is 0 Å². The minimum absolute atomic E-state index is 0.195. The van der Waals surface area contributed by atoms with Crippen LogP contribution in [0.25, 0.3) is 0 Å². The lowest BCUT2D eigenvalue weighted by Crippen LogP contribution is -2.30. The van der Waals surface area contributed by atoms with Crippen LogP contribution in [0.1, 0.15) is 43.0 Å². The molecule has 1 aromatic heterocycles. The van der Waals surface area contributed by atoms with Crippen molar-refractivity contribution in [2.45, 2.75) is 45.8 Å². The highest BCUT2D eigenvalue weighted by molar-refractivity contribution is 5.92. The maximum Gasteiger partial charge on any atom is 0.360 e. The molecule has 2 N–H and O–H groups in total. The summed E-state index contributed by atoms with van der Waals surface area (Å²) in [5.41, 5.74) is 5.98. The second kappa shape index (κ2) is 5.21. The molecule has 1 atom stereocenters. The van der Waals surface area contributed by atoms with Gasteiger partial charge in [0.15, 0.2) is 5.69 Å². The van der Waals surface area contributed by atoms with Gasteiger partial charge in [-0.15, -0.1) is 0 Å². The van der Waals surface area contributed by atoms with Crippen molar-refractivity contribution in [2.75, 3.05) is 18.9 Å². The summed E-state index contributed by atoms with van der Waals surface area (Å²) in [7, 11) is 0. The summed E-state index contributed by atoms with van der Waals surface area (Å²) < 4.78 is 12.5. The van der Waals surface area contributed by atoms with E-state index in [4.69, 9.17) is 15.2 Å². The smallest absolute Gasteiger partial charge is 0.360 e. The van der Waals surface area contributed by atoms with Gasteiger partial charge in [-0.2, -0.15) is 0 Å². The molecule has 0 radical (unpaired) electrons. The molecule has 1 fully saturated rings. The molecule has 0 saturated carbocycles. The molecule has 2 rings (SSSR count). The number of hydrogen-bond donors (Lipinski definition) is 1. The lowest BCUT2D eigenvalue weighted by atomic mass is 10.0. The Bertz CT molecular complexity index is 476. The average Bonchev–Trinajstić information content (AvgIpc) is 2.89. The minimum Gasteiger partial charge on any atom is -0.461 e. The number of imidazole rings is 1. The molecule has 6 heteroatoms. The standard InChI is InChI=1S/C13H21N3O3/c1-4-18-12(17)10-11(14)16(9(2)15-10)8-13(3)6-5-7-19-13/h4-8,14H2,1-3H3. The number of carbonyl (C=O) groups is 1. The van der Waals surface area contributed by atoms with Crippen LogP contribution in [-0.2, 0) is 16.0 Å². The van der Waals surface area contributed by atoms with Gasteiger partial charge < -0.3 is 19.8 Å². The summed E-state index contributed by atoms with van der Waals surface area (Å²) in [6.45, 7) is 7.34. The van der Waals surface area contributed by atoms with E-state index in [2.05, 4.69) is 11.9 Å². The Morgan fingerprint density at radius 2 is 2.37 bits per heavy atom. The van der Waals surface area contributed by atoms with Gasteiger partial charge in [-0.1, -0.05) is 0 Å². The fourth-order valence-electron chi connectivity index (χ4n) is 2.43. The van der Waals surface area contributed by atoms with E-state index in [-0.39, 0.29) is 11.3 Å². The van der Waals surface area contributed by atoms with Crippen LogP contribution in [0, 0.1) is 6.92 Å². The highest BCUT2D eigenvalue weighted by Crippen LogP contribution is 2.29. The Labute approximate surface area is 112 Å². The van der Waals surface area contributed by atoms with Crippen LogP contribution < -0.4 is 5.73 Å². The average molecular weight is 267 g/mol. The number of aryl methyl sites for hydroxylation is 1. The number of nitrogens with two attached hydrogens (primary N) is 1. The largest absolute Gasteiger partial charge is 0.461 e. The summed E-state index contributed by atoms with van der Waals surface area (Å²) in [4.78, 5) is 15.9. The molecule has 0 bridgehead atoms. The molecular weight excluding hydrogens is 246 g/mol. The monoisotopic (exact) mass is 267 g/mol. The van der Waals surface area contributed by atoms with Crippen LogP contribution >= 0.6 is 0 Å². The normalized spacial score (nSPS) is 22.7. The molecule has 106 valence electrons. The molecule has 1 aromatic rings. The van der Waals surface area contributed by atoms with Crippen molar-refractivity contribution in [3.63, 3.8) is 0 Å². The third kappa shape index (κ3) is 2.73. The maximum absolute atomic E-state index is 11.7. The van der Waals surface area contributed by atoms with Crippen molar-refractivity contribution >= 4 is 11.8 Å². The van der Waals surface area contributed by atoms with Crippen LogP contribution in [0.4, 0.5) is 5.82 Å². The molecule has 0 amide bonds. The number of nitrogens with zero attached hydrogens (tertiary/aromatic N) is 2. The number of anilines is 1. The van der Waals surface area contributed by atoms with E-state index in [1.165, 1.54) is 0 Å². The van der Waals surface area contributed by atoms with Crippen LogP contribution in [-0.4, -0.2) is 34.3 Å². The molecule has 1 aliphatic rings. The first-order valence-electron chi connectivity index (χ1n) is 6.60. The zero-order chi connectivity index (χ0) is 14.0. The molecule has 1 unspecified atom stereocenters. The lowest BCUT2D eigenvalue weighted by Gasteiger charge is -2.24. The topological polar surface area (TPSA) is 79.4 Å². The Hall–Kier alpha value is -1.56. The second-order valence-corrected chi connectivity index (χ2v) is 5.10. The van der Waals surface area contributed by atoms with E-state index in [9.17, 15) is 4.79 Å². The summed E-state index contributed by atoms with van der Waals surface area (Å²) in [6, 6.07) is 0. The van der Waals surface area contributed by atoms with Gasteiger partial charge in [-0.05, 0) is 33.6 Å². The SMILES string of the molecule is CCOC(=O)c1nc(C)n(CC2(C)CCCO2)c1N. The van der Waals surface area contributed by atoms with E-state index in [1.807, 2.05) is 11.5 Å². The molecule has 0 aliphatic carbocycles. The third-order valence-electron chi connectivity index (χ3n) is 3.46. The van der Waals surface area contributed by atoms with Gasteiger partial charge in [-0.25, -0.2) is 9.78 Å². The molecule has 0 aromatic carbocycles. The van der Waals surface area contributed by atoms with Crippen molar-refractivity contribution in [2.24, 2.45) is 0 Å². The Morgan fingerprint density at radius 3 is 2.95 bits per heavy atom. The number of ether oxygens (including phenoxy) is 2. The van der Waals surface area contributed by atoms with Gasteiger partial charge in [0, 0.05) is 6.61 Å². The summed E-state index contributed by atoms with van der Waals surface area (Å²) >= 11 is 0. The molecule has 1 aliphatic heterocycles. The predicted molar refractivity (Wildman–Crippen MR) is 70.9 cm³/mol. The molecular formula is C13H21N3O3. The maximum atomic E-state index is 11.7. The van der Waals surface area contributed by atoms with Crippen molar-refractivity contribution < 1.29 is 14.3 Å². The van der Waals surface area contributed by atoms with E-state index >= 15 is 0 Å². The van der Waals surface area contributed by atoms with E-state index < -0.39 is 5.97 Å². The van der Waals surface area contributed by atoms with E-state index in [1.54, 1.807) is 6.92 Å². The van der Waals surface area contributed by atoms with E-state index in [0.717, 1.165) is 19.4 Å². The zero-order valence-electron chi connectivity index (χ0n) is 11.7. The van der Waals surface area contributed by atoms with Gasteiger partial charge in [0.05, 0.1) is 18.8 Å². The number of rotatable bonds is 4. The van der Waals surface area contributed by atoms with Gasteiger partial charge >= 0.3 is 5.97 Å². The molecule has 1 saturated heterocycles. The van der Waals surface area contributed by atoms with Crippen LogP contribution in [0.15, 0.2) is 0 Å². The van der Waals surface area contributed by atoms with Gasteiger partial charge in [-0.3, -0.25) is 0 Å². The zero-order valence-corrected chi connectivity index (χ0v) is 11.7. The van der Waals surface area contributed by atoms with Crippen molar-refractivity contribution in [1.82, 2.24) is 9.55 Å². The second-order valence-electron chi connectivity index (χ2n) is 5.10. The number of carbonyl (C=O) groups excluding carboxylic acids is 1. The molecule has 2 heterocycles. The quantitative estimate of drug-likeness (QED) is 0.837. The van der Waals surface area contributed by atoms with Gasteiger partial charge in [0.2, 0.25) is 0 Å². The highest BCUT2D eigenvalue weighted by Gasteiger charge is 2.32. The predicted octanol–water partition coefficient (Wildman–Crippen LogP) is 1.52. The Kier molecular flexibility index (Phi) is 3.80. The Balaban J connectivity index is 2.24. The first-order chi connectivity index (χ1) is 8.97. The van der Waals surface area contributed by atoms with Gasteiger partial charge in [0.25, 0.3) is 0 Å². The molecule has 6 nitrogen and oxygen atoms in total. The third-order valence-corrected chi connectivity index (χ3v) is 3.46. The Morgan fingerprint density at radius 1 is 1.63 bits per heavy atom. The van der Waals surface area contributed by atoms with Crippen molar-refractivity contribution in [3.05, 3.63) is 11.5 Å². The lowest BCUT2D eigenvalue weighted by molar-refractivity contribution is 0.00619. The van der Waals surface area contributed by atoms with Crippen molar-refractivity contribution in [1.29, 1.82) is 0 Å². The summed E-state index contributed by atoms with van der Waals surface area (Å²) in [5, 5.41) is 0. The first kappa shape index (κ1) is 13.9. The first-order valence-corrected chi connectivity index (χ1v) is 6.60. The van der Waals surface area contributed by atoms with Crippen LogP contribution in [0.2, 0.25) is 0 Å². The van der Waals surface area contributed by atoms with E-state index in [0.29, 0.717) is 24.8 Å². The highest BCUT2D eigenvalue weighted by atomic mass is 16.5. The minimum atomic E-state index is -0.473. The number of nitrogen functional groups attached to an aromatic ring is 1. The molecule has 0 spiro atoms. The number of aromatic nitrogens is 2. The number of esters is 1. The van der Waals surface area contributed by atoms with Crippen LogP contribution in [0.5, 0.6) is 0 Å².